The van der Waals surface area contributed by atoms with Gasteiger partial charge < -0.3 is 9.64 Å². The smallest absolute Gasteiger partial charge is 0.263 e. The molecule has 0 N–H and O–H groups in total. The normalized spacial score (nSPS) is 21.6. The van der Waals surface area contributed by atoms with Crippen LogP contribution < -0.4 is 9.04 Å². The fourth-order valence-electron chi connectivity index (χ4n) is 3.01. The quantitative estimate of drug-likeness (QED) is 0.809. The molecule has 0 unspecified atom stereocenters. The number of sulfonamides is 1. The number of rotatable bonds is 2. The summed E-state index contributed by atoms with van der Waals surface area (Å²) in [6.07, 6.45) is 2.79. The zero-order valence-electron chi connectivity index (χ0n) is 12.9. The van der Waals surface area contributed by atoms with Crippen LogP contribution in [0.4, 0.5) is 5.69 Å². The average molecular weight is 359 g/mol. The molecule has 6 nitrogen and oxygen atoms in total. The summed E-state index contributed by atoms with van der Waals surface area (Å²) in [7, 11) is -3.48. The highest BCUT2D eigenvalue weighted by molar-refractivity contribution is 7.92. The van der Waals surface area contributed by atoms with Crippen LogP contribution >= 0.6 is 11.6 Å². The molecule has 1 saturated heterocycles. The first-order valence-corrected chi connectivity index (χ1v) is 9.81. The minimum Gasteiger partial charge on any atom is -0.478 e. The molecule has 1 aromatic rings. The van der Waals surface area contributed by atoms with Crippen molar-refractivity contribution in [1.82, 2.24) is 4.90 Å². The van der Waals surface area contributed by atoms with E-state index in [2.05, 4.69) is 0 Å². The molecule has 1 fully saturated rings. The van der Waals surface area contributed by atoms with Gasteiger partial charge in [0.1, 0.15) is 5.75 Å². The minimum absolute atomic E-state index is 0.0706. The lowest BCUT2D eigenvalue weighted by atomic mass is 10.2. The molecule has 0 bridgehead atoms. The highest BCUT2D eigenvalue weighted by Gasteiger charge is 2.34. The number of benzene rings is 1. The largest absolute Gasteiger partial charge is 0.478 e. The Morgan fingerprint density at radius 1 is 1.26 bits per heavy atom. The molecule has 1 amide bonds. The summed E-state index contributed by atoms with van der Waals surface area (Å²) in [6, 6.07) is 4.80. The Hall–Kier alpha value is -1.47. The van der Waals surface area contributed by atoms with Gasteiger partial charge in [-0.3, -0.25) is 9.10 Å². The number of likely N-dealkylation sites (tertiary alicyclic amines) is 1. The summed E-state index contributed by atoms with van der Waals surface area (Å²) in [5.74, 6) is 0.300. The first kappa shape index (κ1) is 16.4. The Labute approximate surface area is 141 Å². The molecule has 1 aromatic carbocycles. The van der Waals surface area contributed by atoms with Gasteiger partial charge in [-0.2, -0.15) is 0 Å². The SMILES string of the molecule is CS(=O)(=O)N1CC[C@H](C(=O)N2CCCC2)Oc2ccc(Cl)cc21. The van der Waals surface area contributed by atoms with E-state index in [1.807, 2.05) is 0 Å². The second kappa shape index (κ2) is 6.20. The Morgan fingerprint density at radius 3 is 2.61 bits per heavy atom. The van der Waals surface area contributed by atoms with Gasteiger partial charge in [-0.1, -0.05) is 11.6 Å². The van der Waals surface area contributed by atoms with E-state index in [0.717, 1.165) is 32.2 Å². The summed E-state index contributed by atoms with van der Waals surface area (Å²) >= 11 is 6.00. The average Bonchev–Trinajstić information content (AvgIpc) is 2.93. The second-order valence-electron chi connectivity index (χ2n) is 5.87. The van der Waals surface area contributed by atoms with Crippen LogP contribution in [0.5, 0.6) is 5.75 Å². The molecule has 2 heterocycles. The number of nitrogens with zero attached hydrogens (tertiary/aromatic N) is 2. The van der Waals surface area contributed by atoms with Gasteiger partial charge in [0.25, 0.3) is 5.91 Å². The van der Waals surface area contributed by atoms with Crippen LogP contribution in [0.15, 0.2) is 18.2 Å². The van der Waals surface area contributed by atoms with Gasteiger partial charge >= 0.3 is 0 Å². The number of carbonyl (C=O) groups is 1. The molecule has 2 aliphatic rings. The van der Waals surface area contributed by atoms with Crippen molar-refractivity contribution in [2.24, 2.45) is 0 Å². The van der Waals surface area contributed by atoms with Crippen LogP contribution in [0.3, 0.4) is 0 Å². The summed E-state index contributed by atoms with van der Waals surface area (Å²) < 4.78 is 31.3. The molecule has 0 radical (unpaired) electrons. The molecule has 2 aliphatic heterocycles. The predicted octanol–water partition coefficient (Wildman–Crippen LogP) is 1.88. The molecule has 3 rings (SSSR count). The summed E-state index contributed by atoms with van der Waals surface area (Å²) in [5, 5.41) is 0.422. The molecular weight excluding hydrogens is 340 g/mol. The highest BCUT2D eigenvalue weighted by Crippen LogP contribution is 2.36. The topological polar surface area (TPSA) is 66.9 Å². The van der Waals surface area contributed by atoms with Gasteiger partial charge in [-0.25, -0.2) is 8.42 Å². The summed E-state index contributed by atoms with van der Waals surface area (Å²) in [6.45, 7) is 1.67. The van der Waals surface area contributed by atoms with Gasteiger partial charge in [0.05, 0.1) is 11.9 Å². The molecule has 0 aliphatic carbocycles. The lowest BCUT2D eigenvalue weighted by Gasteiger charge is -2.22. The Kier molecular flexibility index (Phi) is 4.42. The van der Waals surface area contributed by atoms with Crippen molar-refractivity contribution in [3.05, 3.63) is 23.2 Å². The van der Waals surface area contributed by atoms with Crippen molar-refractivity contribution in [2.75, 3.05) is 30.2 Å². The molecule has 126 valence electrons. The fourth-order valence-corrected chi connectivity index (χ4v) is 4.12. The first-order valence-electron chi connectivity index (χ1n) is 7.59. The van der Waals surface area contributed by atoms with Gasteiger partial charge in [0.2, 0.25) is 10.0 Å². The van der Waals surface area contributed by atoms with E-state index in [4.69, 9.17) is 16.3 Å². The van der Waals surface area contributed by atoms with Crippen molar-refractivity contribution < 1.29 is 17.9 Å². The number of amides is 1. The monoisotopic (exact) mass is 358 g/mol. The molecule has 1 atom stereocenters. The van der Waals surface area contributed by atoms with Gasteiger partial charge in [0.15, 0.2) is 6.10 Å². The fraction of sp³-hybridized carbons (Fsp3) is 0.533. The van der Waals surface area contributed by atoms with E-state index in [-0.39, 0.29) is 12.5 Å². The van der Waals surface area contributed by atoms with E-state index in [1.165, 1.54) is 4.31 Å². The lowest BCUT2D eigenvalue weighted by molar-refractivity contribution is -0.137. The second-order valence-corrected chi connectivity index (χ2v) is 8.22. The number of ether oxygens (including phenoxy) is 1. The summed E-state index contributed by atoms with van der Waals surface area (Å²) in [4.78, 5) is 14.4. The molecule has 0 saturated carbocycles. The van der Waals surface area contributed by atoms with Gasteiger partial charge in [0, 0.05) is 31.1 Å². The standard InChI is InChI=1S/C15H19ClN2O4S/c1-23(20,21)18-9-6-14(15(19)17-7-2-3-8-17)22-13-5-4-11(16)10-12(13)18/h4-5,10,14H,2-3,6-9H2,1H3/t14-/m1/s1. The van der Waals surface area contributed by atoms with Crippen LogP contribution in [-0.2, 0) is 14.8 Å². The van der Waals surface area contributed by atoms with Crippen LogP contribution in [0.25, 0.3) is 0 Å². The number of carbonyl (C=O) groups excluding carboxylic acids is 1. The maximum atomic E-state index is 12.6. The lowest BCUT2D eigenvalue weighted by Crippen LogP contribution is -2.41. The van der Waals surface area contributed by atoms with Gasteiger partial charge in [-0.15, -0.1) is 0 Å². The number of hydrogen-bond acceptors (Lipinski definition) is 4. The van der Waals surface area contributed by atoms with E-state index >= 15 is 0 Å². The molecule has 23 heavy (non-hydrogen) atoms. The third-order valence-corrected chi connectivity index (χ3v) is 5.56. The molecule has 0 aromatic heterocycles. The van der Waals surface area contributed by atoms with Crippen molar-refractivity contribution in [1.29, 1.82) is 0 Å². The highest BCUT2D eigenvalue weighted by atomic mass is 35.5. The van der Waals surface area contributed by atoms with Crippen molar-refractivity contribution in [2.45, 2.75) is 25.4 Å². The third-order valence-electron chi connectivity index (χ3n) is 4.15. The summed E-state index contributed by atoms with van der Waals surface area (Å²) in [5.41, 5.74) is 0.386. The van der Waals surface area contributed by atoms with Crippen LogP contribution in [0.2, 0.25) is 5.02 Å². The van der Waals surface area contributed by atoms with Crippen molar-refractivity contribution in [3.63, 3.8) is 0 Å². The third kappa shape index (κ3) is 3.40. The predicted molar refractivity (Wildman–Crippen MR) is 88.5 cm³/mol. The molecule has 0 spiro atoms. The Bertz CT molecular complexity index is 716. The van der Waals surface area contributed by atoms with Crippen LogP contribution in [-0.4, -0.2) is 51.2 Å². The Balaban J connectivity index is 1.93. The molecular formula is C15H19ClN2O4S. The van der Waals surface area contributed by atoms with E-state index in [9.17, 15) is 13.2 Å². The van der Waals surface area contributed by atoms with Crippen LogP contribution in [0, 0.1) is 0 Å². The zero-order valence-corrected chi connectivity index (χ0v) is 14.4. The number of fused-ring (bicyclic) bond motifs is 1. The molecule has 8 heteroatoms. The number of anilines is 1. The number of hydrogen-bond donors (Lipinski definition) is 0. The minimum atomic E-state index is -3.48. The maximum absolute atomic E-state index is 12.6. The van der Waals surface area contributed by atoms with Gasteiger partial charge in [-0.05, 0) is 31.0 Å². The van der Waals surface area contributed by atoms with E-state index in [0.29, 0.717) is 22.9 Å². The van der Waals surface area contributed by atoms with Crippen molar-refractivity contribution >= 4 is 33.2 Å². The maximum Gasteiger partial charge on any atom is 0.263 e. The first-order chi connectivity index (χ1) is 10.9. The van der Waals surface area contributed by atoms with E-state index < -0.39 is 16.1 Å². The zero-order chi connectivity index (χ0) is 16.6. The van der Waals surface area contributed by atoms with Crippen LogP contribution in [0.1, 0.15) is 19.3 Å². The van der Waals surface area contributed by atoms with E-state index in [1.54, 1.807) is 23.1 Å². The van der Waals surface area contributed by atoms with Crippen molar-refractivity contribution in [3.8, 4) is 5.75 Å². The Morgan fingerprint density at radius 2 is 1.96 bits per heavy atom. The number of halogens is 1.